The molecule has 1 aromatic rings. The largest absolute Gasteiger partial charge is 0.261 e. The van der Waals surface area contributed by atoms with Gasteiger partial charge >= 0.3 is 0 Å². The Bertz CT molecular complexity index is 320. The third-order valence-electron chi connectivity index (χ3n) is 1.93. The van der Waals surface area contributed by atoms with Gasteiger partial charge < -0.3 is 0 Å². The van der Waals surface area contributed by atoms with Crippen molar-refractivity contribution in [3.8, 4) is 0 Å². The zero-order chi connectivity index (χ0) is 10.4. The zero-order valence-electron chi connectivity index (χ0n) is 9.07. The molecular formula is C13H17N. The highest BCUT2D eigenvalue weighted by molar-refractivity contribution is 5.98. The van der Waals surface area contributed by atoms with Crippen LogP contribution in [0.5, 0.6) is 0 Å². The highest BCUT2D eigenvalue weighted by Crippen LogP contribution is 2.01. The predicted octanol–water partition coefficient (Wildman–Crippen LogP) is 3.67. The van der Waals surface area contributed by atoms with Crippen LogP contribution in [0, 0.1) is 5.92 Å². The first kappa shape index (κ1) is 10.7. The first-order chi connectivity index (χ1) is 6.70. The molecule has 0 fully saturated rings. The fraction of sp³-hybridized carbons (Fsp3) is 0.308. The Morgan fingerprint density at radius 3 is 2.43 bits per heavy atom. The Morgan fingerprint density at radius 1 is 1.21 bits per heavy atom. The van der Waals surface area contributed by atoms with E-state index < -0.39 is 0 Å². The van der Waals surface area contributed by atoms with Crippen LogP contribution in [0.2, 0.25) is 0 Å². The maximum atomic E-state index is 4.37. The van der Waals surface area contributed by atoms with Gasteiger partial charge in [-0.25, -0.2) is 0 Å². The van der Waals surface area contributed by atoms with E-state index >= 15 is 0 Å². The summed E-state index contributed by atoms with van der Waals surface area (Å²) in [4.78, 5) is 4.37. The van der Waals surface area contributed by atoms with Crippen LogP contribution >= 0.6 is 0 Å². The Labute approximate surface area is 86.2 Å². The van der Waals surface area contributed by atoms with Crippen LogP contribution < -0.4 is 0 Å². The summed E-state index contributed by atoms with van der Waals surface area (Å²) < 4.78 is 0. The lowest BCUT2D eigenvalue weighted by Gasteiger charge is -1.97. The van der Waals surface area contributed by atoms with Gasteiger partial charge in [-0.1, -0.05) is 50.3 Å². The average molecular weight is 187 g/mol. The predicted molar refractivity (Wildman–Crippen MR) is 62.6 cm³/mol. The number of rotatable bonds is 3. The lowest BCUT2D eigenvalue weighted by atomic mass is 10.1. The molecule has 0 bridgehead atoms. The van der Waals surface area contributed by atoms with Gasteiger partial charge in [-0.2, -0.15) is 0 Å². The molecule has 0 amide bonds. The van der Waals surface area contributed by atoms with Crippen LogP contribution in [0.15, 0.2) is 47.6 Å². The fourth-order valence-electron chi connectivity index (χ4n) is 1.08. The molecule has 0 aromatic heterocycles. The first-order valence-corrected chi connectivity index (χ1v) is 4.96. The Balaban J connectivity index is 2.71. The lowest BCUT2D eigenvalue weighted by molar-refractivity contribution is 0.829. The minimum absolute atomic E-state index is 0.558. The van der Waals surface area contributed by atoms with Gasteiger partial charge in [-0.05, 0) is 18.4 Å². The summed E-state index contributed by atoms with van der Waals surface area (Å²) in [7, 11) is 0. The maximum Gasteiger partial charge on any atom is 0.0444 e. The van der Waals surface area contributed by atoms with Gasteiger partial charge in [0.1, 0.15) is 0 Å². The number of aliphatic imine (C=N–C) groups is 1. The Hall–Kier alpha value is -1.37. The second-order valence-electron chi connectivity index (χ2n) is 3.67. The van der Waals surface area contributed by atoms with E-state index in [-0.39, 0.29) is 0 Å². The molecule has 1 heteroatoms. The normalized spacial score (nSPS) is 12.7. The second-order valence-corrected chi connectivity index (χ2v) is 3.67. The summed E-state index contributed by atoms with van der Waals surface area (Å²) in [5.41, 5.74) is 2.24. The number of allylic oxidation sites excluding steroid dienone is 1. The summed E-state index contributed by atoms with van der Waals surface area (Å²) >= 11 is 0. The summed E-state index contributed by atoms with van der Waals surface area (Å²) in [5.74, 6) is 0.558. The molecule has 0 aliphatic rings. The molecule has 14 heavy (non-hydrogen) atoms. The fourth-order valence-corrected chi connectivity index (χ4v) is 1.08. The van der Waals surface area contributed by atoms with Crippen molar-refractivity contribution in [1.82, 2.24) is 0 Å². The Kier molecular flexibility index (Phi) is 4.11. The second kappa shape index (κ2) is 5.38. The molecule has 1 rings (SSSR count). The van der Waals surface area contributed by atoms with E-state index in [9.17, 15) is 0 Å². The molecule has 0 spiro atoms. The topological polar surface area (TPSA) is 12.4 Å². The van der Waals surface area contributed by atoms with Gasteiger partial charge in [-0.15, -0.1) is 0 Å². The molecule has 0 aliphatic heterocycles. The third kappa shape index (κ3) is 3.56. The van der Waals surface area contributed by atoms with E-state index in [4.69, 9.17) is 0 Å². The highest BCUT2D eigenvalue weighted by atomic mass is 14.7. The monoisotopic (exact) mass is 187 g/mol. The van der Waals surface area contributed by atoms with Crippen LogP contribution in [0.3, 0.4) is 0 Å². The molecule has 0 saturated carbocycles. The highest BCUT2D eigenvalue weighted by Gasteiger charge is 1.92. The van der Waals surface area contributed by atoms with Gasteiger partial charge in [0.2, 0.25) is 0 Å². The van der Waals surface area contributed by atoms with E-state index in [2.05, 4.69) is 37.0 Å². The van der Waals surface area contributed by atoms with Crippen molar-refractivity contribution in [1.29, 1.82) is 0 Å². The number of benzene rings is 1. The smallest absolute Gasteiger partial charge is 0.0444 e. The molecule has 0 aliphatic carbocycles. The SMILES string of the molecule is CC(=N/C=C/C(C)C)c1ccccc1. The van der Waals surface area contributed by atoms with Crippen molar-refractivity contribution >= 4 is 5.71 Å². The van der Waals surface area contributed by atoms with E-state index in [1.807, 2.05) is 31.3 Å². The van der Waals surface area contributed by atoms with E-state index in [1.165, 1.54) is 5.56 Å². The van der Waals surface area contributed by atoms with Crippen molar-refractivity contribution in [3.63, 3.8) is 0 Å². The van der Waals surface area contributed by atoms with Crippen molar-refractivity contribution < 1.29 is 0 Å². The van der Waals surface area contributed by atoms with Crippen LogP contribution in [-0.2, 0) is 0 Å². The molecular weight excluding hydrogens is 170 g/mol. The van der Waals surface area contributed by atoms with Crippen molar-refractivity contribution in [2.45, 2.75) is 20.8 Å². The molecule has 1 aromatic carbocycles. The minimum atomic E-state index is 0.558. The zero-order valence-corrected chi connectivity index (χ0v) is 9.07. The quantitative estimate of drug-likeness (QED) is 0.640. The van der Waals surface area contributed by atoms with Crippen LogP contribution in [-0.4, -0.2) is 5.71 Å². The summed E-state index contributed by atoms with van der Waals surface area (Å²) in [5, 5.41) is 0. The summed E-state index contributed by atoms with van der Waals surface area (Å²) in [6, 6.07) is 10.2. The Morgan fingerprint density at radius 2 is 1.86 bits per heavy atom. The summed E-state index contributed by atoms with van der Waals surface area (Å²) in [6.45, 7) is 6.31. The van der Waals surface area contributed by atoms with E-state index in [0.29, 0.717) is 5.92 Å². The third-order valence-corrected chi connectivity index (χ3v) is 1.93. The summed E-state index contributed by atoms with van der Waals surface area (Å²) in [6.07, 6.45) is 3.97. The van der Waals surface area contributed by atoms with Crippen LogP contribution in [0.1, 0.15) is 26.3 Å². The minimum Gasteiger partial charge on any atom is -0.261 e. The molecule has 0 N–H and O–H groups in total. The average Bonchev–Trinajstić information content (AvgIpc) is 2.18. The molecule has 1 nitrogen and oxygen atoms in total. The number of nitrogens with zero attached hydrogens (tertiary/aromatic N) is 1. The molecule has 0 heterocycles. The van der Waals surface area contributed by atoms with Crippen molar-refractivity contribution in [2.75, 3.05) is 0 Å². The van der Waals surface area contributed by atoms with Crippen molar-refractivity contribution in [3.05, 3.63) is 48.2 Å². The molecule has 0 radical (unpaired) electrons. The lowest BCUT2D eigenvalue weighted by Crippen LogP contribution is -1.92. The number of hydrogen-bond donors (Lipinski definition) is 0. The van der Waals surface area contributed by atoms with Gasteiger partial charge in [-0.3, -0.25) is 4.99 Å². The van der Waals surface area contributed by atoms with Crippen molar-refractivity contribution in [2.24, 2.45) is 10.9 Å². The first-order valence-electron chi connectivity index (χ1n) is 4.96. The molecule has 0 saturated heterocycles. The van der Waals surface area contributed by atoms with Crippen LogP contribution in [0.4, 0.5) is 0 Å². The maximum absolute atomic E-state index is 4.37. The molecule has 0 atom stereocenters. The number of hydrogen-bond acceptors (Lipinski definition) is 1. The van der Waals surface area contributed by atoms with Gasteiger partial charge in [0.05, 0.1) is 0 Å². The van der Waals surface area contributed by atoms with E-state index in [1.54, 1.807) is 0 Å². The van der Waals surface area contributed by atoms with Crippen LogP contribution in [0.25, 0.3) is 0 Å². The van der Waals surface area contributed by atoms with Gasteiger partial charge in [0.15, 0.2) is 0 Å². The van der Waals surface area contributed by atoms with Gasteiger partial charge in [0, 0.05) is 11.9 Å². The molecule has 0 unspecified atom stereocenters. The standard InChI is InChI=1S/C13H17N/c1-11(2)9-10-14-12(3)13-7-5-4-6-8-13/h4-11H,1-3H3/b10-9+,14-12?. The van der Waals surface area contributed by atoms with E-state index in [0.717, 1.165) is 5.71 Å². The van der Waals surface area contributed by atoms with Gasteiger partial charge in [0.25, 0.3) is 0 Å². The molecule has 74 valence electrons.